The fourth-order valence-corrected chi connectivity index (χ4v) is 2.13. The van der Waals surface area contributed by atoms with Crippen molar-refractivity contribution in [3.05, 3.63) is 47.6 Å². The van der Waals surface area contributed by atoms with Gasteiger partial charge in [-0.25, -0.2) is 4.79 Å². The summed E-state index contributed by atoms with van der Waals surface area (Å²) in [6, 6.07) is 8.97. The lowest BCUT2D eigenvalue weighted by Crippen LogP contribution is -2.10. The molecule has 0 fully saturated rings. The molecule has 0 radical (unpaired) electrons. The van der Waals surface area contributed by atoms with E-state index in [1.54, 1.807) is 31.2 Å². The minimum Gasteiger partial charge on any atom is -0.477 e. The molecular formula is C15H14N4O4. The number of hydrogen-bond acceptors (Lipinski definition) is 7. The molecule has 2 N–H and O–H groups in total. The van der Waals surface area contributed by atoms with Gasteiger partial charge in [0.05, 0.1) is 0 Å². The third-order valence-electron chi connectivity index (χ3n) is 3.15. The summed E-state index contributed by atoms with van der Waals surface area (Å²) in [6.45, 7) is 2.11. The quantitative estimate of drug-likeness (QED) is 0.712. The third-order valence-corrected chi connectivity index (χ3v) is 3.15. The van der Waals surface area contributed by atoms with E-state index in [2.05, 4.69) is 20.6 Å². The van der Waals surface area contributed by atoms with E-state index < -0.39 is 5.97 Å². The number of aryl methyl sites for hydroxylation is 1. The number of aromatic nitrogens is 3. The summed E-state index contributed by atoms with van der Waals surface area (Å²) in [5.41, 5.74) is 0.653. The van der Waals surface area contributed by atoms with Gasteiger partial charge in [-0.2, -0.15) is 4.98 Å². The van der Waals surface area contributed by atoms with Crippen LogP contribution in [0.3, 0.4) is 0 Å². The van der Waals surface area contributed by atoms with Crippen molar-refractivity contribution in [2.45, 2.75) is 13.3 Å². The third kappa shape index (κ3) is 3.20. The number of carboxylic acid groups (broad SMARTS) is 1. The Kier molecular flexibility index (Phi) is 4.05. The van der Waals surface area contributed by atoms with Crippen molar-refractivity contribution < 1.29 is 18.9 Å². The second-order valence-corrected chi connectivity index (χ2v) is 4.81. The number of hydrogen-bond donors (Lipinski definition) is 2. The molecule has 1 aromatic carbocycles. The molecule has 0 unspecified atom stereocenters. The van der Waals surface area contributed by atoms with Crippen LogP contribution in [0.15, 0.2) is 39.4 Å². The van der Waals surface area contributed by atoms with E-state index in [9.17, 15) is 9.90 Å². The first kappa shape index (κ1) is 14.8. The van der Waals surface area contributed by atoms with Crippen LogP contribution in [0.2, 0.25) is 0 Å². The molecule has 0 spiro atoms. The topological polar surface area (TPSA) is 114 Å². The maximum atomic E-state index is 11.5. The predicted octanol–water partition coefficient (Wildman–Crippen LogP) is 2.39. The Hall–Kier alpha value is -3.16. The molecule has 2 heterocycles. The largest absolute Gasteiger partial charge is 0.477 e. The molecule has 8 nitrogen and oxygen atoms in total. The summed E-state index contributed by atoms with van der Waals surface area (Å²) in [6.07, 6.45) is 0.476. The minimum atomic E-state index is -1.11. The number of carbonyl (C=O) groups is 1. The lowest BCUT2D eigenvalue weighted by atomic mass is 10.1. The molecule has 0 saturated carbocycles. The van der Waals surface area contributed by atoms with Crippen LogP contribution < -0.4 is 5.32 Å². The summed E-state index contributed by atoms with van der Waals surface area (Å²) < 4.78 is 10.1. The summed E-state index contributed by atoms with van der Waals surface area (Å²) >= 11 is 0. The SMILES string of the molecule is Cc1nc(CCNc2noc(-c3ccccc3)c2C(=O)O)no1. The first-order chi connectivity index (χ1) is 11.1. The maximum Gasteiger partial charge on any atom is 0.343 e. The van der Waals surface area contributed by atoms with Gasteiger partial charge in [-0.3, -0.25) is 0 Å². The zero-order valence-electron chi connectivity index (χ0n) is 12.3. The normalized spacial score (nSPS) is 10.7. The standard InChI is InChI=1S/C15H14N4O4/c1-9-17-11(18-22-9)7-8-16-14-12(15(20)21)13(23-19-14)10-5-3-2-4-6-10/h2-6H,7-8H2,1H3,(H,16,19)(H,20,21). The summed E-state index contributed by atoms with van der Waals surface area (Å²) in [5.74, 6) is 0.313. The molecule has 0 aliphatic heterocycles. The highest BCUT2D eigenvalue weighted by molar-refractivity contribution is 5.99. The summed E-state index contributed by atoms with van der Waals surface area (Å²) in [4.78, 5) is 15.6. The predicted molar refractivity (Wildman–Crippen MR) is 80.1 cm³/mol. The smallest absolute Gasteiger partial charge is 0.343 e. The van der Waals surface area contributed by atoms with Gasteiger partial charge in [0.2, 0.25) is 5.89 Å². The van der Waals surface area contributed by atoms with Gasteiger partial charge in [0.1, 0.15) is 0 Å². The van der Waals surface area contributed by atoms with Gasteiger partial charge in [0, 0.05) is 25.5 Å². The van der Waals surface area contributed by atoms with Crippen LogP contribution in [0.5, 0.6) is 0 Å². The molecule has 2 aromatic heterocycles. The van der Waals surface area contributed by atoms with Crippen LogP contribution in [0, 0.1) is 6.92 Å². The Balaban J connectivity index is 1.77. The van der Waals surface area contributed by atoms with E-state index in [0.29, 0.717) is 30.2 Å². The molecule has 0 aliphatic carbocycles. The molecule has 118 valence electrons. The van der Waals surface area contributed by atoms with E-state index >= 15 is 0 Å². The molecule has 23 heavy (non-hydrogen) atoms. The Morgan fingerprint density at radius 3 is 2.65 bits per heavy atom. The van der Waals surface area contributed by atoms with Gasteiger partial charge in [0.15, 0.2) is 23.0 Å². The first-order valence-corrected chi connectivity index (χ1v) is 6.96. The average molecular weight is 314 g/mol. The minimum absolute atomic E-state index is 0.000456. The monoisotopic (exact) mass is 314 g/mol. The molecule has 3 aromatic rings. The second-order valence-electron chi connectivity index (χ2n) is 4.81. The van der Waals surface area contributed by atoms with Gasteiger partial charge < -0.3 is 19.5 Å². The number of anilines is 1. The Morgan fingerprint density at radius 2 is 2.00 bits per heavy atom. The van der Waals surface area contributed by atoms with E-state index in [0.717, 1.165) is 0 Å². The van der Waals surface area contributed by atoms with E-state index in [1.165, 1.54) is 0 Å². The van der Waals surface area contributed by atoms with Crippen LogP contribution >= 0.6 is 0 Å². The van der Waals surface area contributed by atoms with Gasteiger partial charge in [-0.1, -0.05) is 40.6 Å². The van der Waals surface area contributed by atoms with Crippen molar-refractivity contribution in [2.75, 3.05) is 11.9 Å². The van der Waals surface area contributed by atoms with Crippen molar-refractivity contribution >= 4 is 11.8 Å². The molecule has 8 heteroatoms. The number of nitrogens with one attached hydrogen (secondary N) is 1. The Bertz CT molecular complexity index is 810. The van der Waals surface area contributed by atoms with Gasteiger partial charge in [-0.15, -0.1) is 0 Å². The van der Waals surface area contributed by atoms with Crippen LogP contribution in [0.1, 0.15) is 22.1 Å². The highest BCUT2D eigenvalue weighted by atomic mass is 16.5. The molecule has 0 saturated heterocycles. The summed E-state index contributed by atoms with van der Waals surface area (Å²) in [7, 11) is 0. The van der Waals surface area contributed by atoms with Crippen LogP contribution in [-0.2, 0) is 6.42 Å². The number of benzene rings is 1. The number of aromatic carboxylic acids is 1. The van der Waals surface area contributed by atoms with E-state index in [1.807, 2.05) is 6.07 Å². The molecule has 0 aliphatic rings. The van der Waals surface area contributed by atoms with Crippen LogP contribution in [-0.4, -0.2) is 32.9 Å². The van der Waals surface area contributed by atoms with E-state index in [4.69, 9.17) is 9.05 Å². The van der Waals surface area contributed by atoms with Crippen LogP contribution in [0.25, 0.3) is 11.3 Å². The van der Waals surface area contributed by atoms with Crippen molar-refractivity contribution in [3.63, 3.8) is 0 Å². The van der Waals surface area contributed by atoms with Gasteiger partial charge in [0.25, 0.3) is 0 Å². The molecular weight excluding hydrogens is 300 g/mol. The number of nitrogens with zero attached hydrogens (tertiary/aromatic N) is 3. The van der Waals surface area contributed by atoms with Crippen molar-refractivity contribution in [3.8, 4) is 11.3 Å². The van der Waals surface area contributed by atoms with Gasteiger partial charge in [-0.05, 0) is 0 Å². The van der Waals surface area contributed by atoms with Crippen molar-refractivity contribution in [2.24, 2.45) is 0 Å². The molecule has 3 rings (SSSR count). The number of carboxylic acids is 1. The fraction of sp³-hybridized carbons (Fsp3) is 0.200. The molecule has 0 atom stereocenters. The average Bonchev–Trinajstić information content (AvgIpc) is 3.15. The zero-order valence-corrected chi connectivity index (χ0v) is 12.3. The maximum absolute atomic E-state index is 11.5. The molecule has 0 amide bonds. The fourth-order valence-electron chi connectivity index (χ4n) is 2.13. The van der Waals surface area contributed by atoms with Crippen molar-refractivity contribution in [1.82, 2.24) is 15.3 Å². The highest BCUT2D eigenvalue weighted by Gasteiger charge is 2.23. The lowest BCUT2D eigenvalue weighted by Gasteiger charge is -2.02. The lowest BCUT2D eigenvalue weighted by molar-refractivity contribution is 0.0698. The van der Waals surface area contributed by atoms with Crippen molar-refractivity contribution in [1.29, 1.82) is 0 Å². The second kappa shape index (κ2) is 6.30. The highest BCUT2D eigenvalue weighted by Crippen LogP contribution is 2.29. The number of rotatable bonds is 6. The van der Waals surface area contributed by atoms with Crippen LogP contribution in [0.4, 0.5) is 5.82 Å². The zero-order chi connectivity index (χ0) is 16.2. The first-order valence-electron chi connectivity index (χ1n) is 6.96. The van der Waals surface area contributed by atoms with E-state index in [-0.39, 0.29) is 17.1 Å². The molecule has 0 bridgehead atoms. The Morgan fingerprint density at radius 1 is 1.22 bits per heavy atom. The van der Waals surface area contributed by atoms with Gasteiger partial charge >= 0.3 is 5.97 Å². The Labute approximate surface area is 131 Å². The summed E-state index contributed by atoms with van der Waals surface area (Å²) in [5, 5.41) is 20.0.